The largest absolute Gasteiger partial charge is 0.491 e. The Bertz CT molecular complexity index is 1000. The van der Waals surface area contributed by atoms with Gasteiger partial charge in [0.05, 0.1) is 17.7 Å². The van der Waals surface area contributed by atoms with Crippen molar-refractivity contribution < 1.29 is 14.3 Å². The highest BCUT2D eigenvalue weighted by atomic mass is 16.5. The lowest BCUT2D eigenvalue weighted by molar-refractivity contribution is -0.149. The summed E-state index contributed by atoms with van der Waals surface area (Å²) in [6, 6.07) is 10.2. The molecule has 1 spiro atoms. The fourth-order valence-corrected chi connectivity index (χ4v) is 5.32. The van der Waals surface area contributed by atoms with E-state index >= 15 is 0 Å². The molecule has 2 aliphatic rings. The molecule has 0 aliphatic carbocycles. The van der Waals surface area contributed by atoms with Crippen molar-refractivity contribution in [2.24, 2.45) is 5.41 Å². The number of hydrogen-bond donors (Lipinski definition) is 0. The molecular weight excluding hydrogens is 416 g/mol. The van der Waals surface area contributed by atoms with Gasteiger partial charge in [0, 0.05) is 25.8 Å². The summed E-state index contributed by atoms with van der Waals surface area (Å²) < 4.78 is 7.79. The van der Waals surface area contributed by atoms with Crippen LogP contribution in [0.1, 0.15) is 49.1 Å². The van der Waals surface area contributed by atoms with Gasteiger partial charge in [0.2, 0.25) is 11.8 Å². The van der Waals surface area contributed by atoms with E-state index in [0.717, 1.165) is 55.7 Å². The zero-order valence-electron chi connectivity index (χ0n) is 20.2. The third kappa shape index (κ3) is 5.23. The van der Waals surface area contributed by atoms with E-state index in [0.29, 0.717) is 26.2 Å². The molecule has 33 heavy (non-hydrogen) atoms. The predicted octanol–water partition coefficient (Wildman–Crippen LogP) is 3.37. The van der Waals surface area contributed by atoms with Crippen molar-refractivity contribution in [2.45, 2.75) is 58.9 Å². The number of carbonyl (C=O) groups excluding carboxylic acids is 2. The molecule has 178 valence electrons. The van der Waals surface area contributed by atoms with Crippen LogP contribution in [0.3, 0.4) is 0 Å². The van der Waals surface area contributed by atoms with Crippen LogP contribution < -0.4 is 4.74 Å². The number of nitrogens with zero attached hydrogens (tertiary/aromatic N) is 4. The lowest BCUT2D eigenvalue weighted by Gasteiger charge is -2.44. The summed E-state index contributed by atoms with van der Waals surface area (Å²) in [6.45, 7) is 6.33. The Morgan fingerprint density at radius 1 is 1.12 bits per heavy atom. The molecule has 1 aromatic carbocycles. The van der Waals surface area contributed by atoms with Crippen molar-refractivity contribution >= 4 is 11.8 Å². The minimum atomic E-state index is -0.517. The van der Waals surface area contributed by atoms with Gasteiger partial charge in [-0.05, 0) is 63.6 Å². The minimum Gasteiger partial charge on any atom is -0.491 e. The molecular formula is C26H36N4O3. The first kappa shape index (κ1) is 23.3. The second kappa shape index (κ2) is 9.98. The van der Waals surface area contributed by atoms with E-state index < -0.39 is 5.41 Å². The van der Waals surface area contributed by atoms with Crippen LogP contribution in [0.4, 0.5) is 0 Å². The van der Waals surface area contributed by atoms with Crippen molar-refractivity contribution in [1.29, 1.82) is 0 Å². The van der Waals surface area contributed by atoms with Crippen molar-refractivity contribution in [2.75, 3.05) is 33.3 Å². The molecule has 0 radical (unpaired) electrons. The van der Waals surface area contributed by atoms with Gasteiger partial charge >= 0.3 is 0 Å². The number of hydrogen-bond acceptors (Lipinski definition) is 4. The molecule has 1 unspecified atom stereocenters. The van der Waals surface area contributed by atoms with Crippen molar-refractivity contribution in [3.8, 4) is 5.75 Å². The first-order valence-electron chi connectivity index (χ1n) is 12.1. The third-order valence-corrected chi connectivity index (χ3v) is 7.13. The fourth-order valence-electron chi connectivity index (χ4n) is 5.32. The van der Waals surface area contributed by atoms with Gasteiger partial charge in [-0.1, -0.05) is 24.6 Å². The number of carbonyl (C=O) groups is 2. The van der Waals surface area contributed by atoms with Crippen molar-refractivity contribution in [1.82, 2.24) is 19.6 Å². The van der Waals surface area contributed by atoms with Crippen LogP contribution in [-0.4, -0.2) is 64.7 Å². The van der Waals surface area contributed by atoms with Crippen LogP contribution in [0.25, 0.3) is 0 Å². The fraction of sp³-hybridized carbons (Fsp3) is 0.577. The highest BCUT2D eigenvalue weighted by Crippen LogP contribution is 2.38. The third-order valence-electron chi connectivity index (χ3n) is 7.13. The topological polar surface area (TPSA) is 67.7 Å². The maximum absolute atomic E-state index is 13.7. The summed E-state index contributed by atoms with van der Waals surface area (Å²) in [7, 11) is 1.86. The van der Waals surface area contributed by atoms with Crippen LogP contribution in [0.2, 0.25) is 0 Å². The van der Waals surface area contributed by atoms with Gasteiger partial charge in [-0.3, -0.25) is 14.3 Å². The highest BCUT2D eigenvalue weighted by molar-refractivity contribution is 5.84. The van der Waals surface area contributed by atoms with E-state index in [4.69, 9.17) is 4.74 Å². The number of para-hydroxylation sites is 1. The van der Waals surface area contributed by atoms with Gasteiger partial charge < -0.3 is 14.5 Å². The quantitative estimate of drug-likeness (QED) is 0.701. The van der Waals surface area contributed by atoms with Crippen molar-refractivity contribution in [3.05, 3.63) is 47.3 Å². The Balaban J connectivity index is 1.50. The Morgan fingerprint density at radius 2 is 1.91 bits per heavy atom. The van der Waals surface area contributed by atoms with E-state index in [2.05, 4.69) is 17.2 Å². The molecule has 7 nitrogen and oxygen atoms in total. The number of amides is 2. The monoisotopic (exact) mass is 452 g/mol. The van der Waals surface area contributed by atoms with E-state index in [9.17, 15) is 9.59 Å². The molecule has 7 heteroatoms. The SMILES string of the molecule is Cc1cc(C)n(CC(=O)N2CCCC3(CCCCc4ccccc4OCCN(C)C3=O)C2)n1. The molecule has 2 aliphatic heterocycles. The number of fused-ring (bicyclic) bond motifs is 1. The molecule has 0 N–H and O–H groups in total. The van der Waals surface area contributed by atoms with E-state index in [1.165, 1.54) is 5.56 Å². The molecule has 0 bridgehead atoms. The first-order chi connectivity index (χ1) is 15.9. The second-order valence-electron chi connectivity index (χ2n) is 9.67. The summed E-state index contributed by atoms with van der Waals surface area (Å²) in [4.78, 5) is 30.6. The number of aryl methyl sites for hydroxylation is 3. The molecule has 3 heterocycles. The average molecular weight is 453 g/mol. The first-order valence-corrected chi connectivity index (χ1v) is 12.1. The molecule has 4 rings (SSSR count). The van der Waals surface area contributed by atoms with Crippen LogP contribution >= 0.6 is 0 Å². The zero-order valence-corrected chi connectivity index (χ0v) is 20.2. The maximum atomic E-state index is 13.7. The van der Waals surface area contributed by atoms with Gasteiger partial charge in [0.1, 0.15) is 18.9 Å². The molecule has 1 saturated heterocycles. The number of aromatic nitrogens is 2. The van der Waals surface area contributed by atoms with E-state index in [1.807, 2.05) is 44.0 Å². The molecule has 0 saturated carbocycles. The average Bonchev–Trinajstić information content (AvgIpc) is 3.12. The van der Waals surface area contributed by atoms with E-state index in [-0.39, 0.29) is 18.4 Å². The lowest BCUT2D eigenvalue weighted by atomic mass is 9.74. The number of benzene rings is 1. The van der Waals surface area contributed by atoms with Gasteiger partial charge in [0.25, 0.3) is 0 Å². The van der Waals surface area contributed by atoms with Crippen LogP contribution in [-0.2, 0) is 22.6 Å². The Morgan fingerprint density at radius 3 is 2.70 bits per heavy atom. The van der Waals surface area contributed by atoms with Crippen molar-refractivity contribution in [3.63, 3.8) is 0 Å². The number of ether oxygens (including phenoxy) is 1. The Hall–Kier alpha value is -2.83. The van der Waals surface area contributed by atoms with E-state index in [1.54, 1.807) is 9.58 Å². The molecule has 1 fully saturated rings. The molecule has 2 amide bonds. The highest BCUT2D eigenvalue weighted by Gasteiger charge is 2.44. The standard InChI is InChI=1S/C26H36N4O3/c1-20-17-21(2)30(27-20)18-24(31)29-14-8-13-26(19-29)12-7-6-10-22-9-4-5-11-23(22)33-16-15-28(3)25(26)32/h4-5,9,11,17H,6-8,10,12-16,18-19H2,1-3H3. The predicted molar refractivity (Wildman–Crippen MR) is 127 cm³/mol. The van der Waals surface area contributed by atoms with Crippen LogP contribution in [0.15, 0.2) is 30.3 Å². The van der Waals surface area contributed by atoms with Gasteiger partial charge in [-0.2, -0.15) is 5.10 Å². The summed E-state index contributed by atoms with van der Waals surface area (Å²) in [5.74, 6) is 1.11. The second-order valence-corrected chi connectivity index (χ2v) is 9.67. The van der Waals surface area contributed by atoms with Gasteiger partial charge in [-0.15, -0.1) is 0 Å². The normalized spacial score (nSPS) is 22.3. The minimum absolute atomic E-state index is 0.0408. The number of likely N-dealkylation sites (N-methyl/N-ethyl adjacent to an activating group) is 1. The molecule has 1 atom stereocenters. The smallest absolute Gasteiger partial charge is 0.244 e. The van der Waals surface area contributed by atoms with Gasteiger partial charge in [-0.25, -0.2) is 0 Å². The number of piperidine rings is 1. The van der Waals surface area contributed by atoms with Crippen LogP contribution in [0, 0.1) is 19.3 Å². The lowest BCUT2D eigenvalue weighted by Crippen LogP contribution is -2.54. The Kier molecular flexibility index (Phi) is 7.05. The summed E-state index contributed by atoms with van der Waals surface area (Å²) in [5, 5.41) is 4.44. The number of rotatable bonds is 2. The zero-order chi connectivity index (χ0) is 23.4. The molecule has 1 aromatic heterocycles. The summed E-state index contributed by atoms with van der Waals surface area (Å²) in [6.07, 6.45) is 5.38. The summed E-state index contributed by atoms with van der Waals surface area (Å²) >= 11 is 0. The Labute approximate surface area is 196 Å². The van der Waals surface area contributed by atoms with Crippen LogP contribution in [0.5, 0.6) is 5.75 Å². The molecule has 2 aromatic rings. The maximum Gasteiger partial charge on any atom is 0.244 e. The van der Waals surface area contributed by atoms with Gasteiger partial charge in [0.15, 0.2) is 0 Å². The summed E-state index contributed by atoms with van der Waals surface area (Å²) in [5.41, 5.74) is 2.60. The number of likely N-dealkylation sites (tertiary alicyclic amines) is 1.